The molecule has 1 aromatic carbocycles. The van der Waals surface area contributed by atoms with Crippen molar-refractivity contribution in [1.29, 1.82) is 5.26 Å². The summed E-state index contributed by atoms with van der Waals surface area (Å²) in [7, 11) is 0. The summed E-state index contributed by atoms with van der Waals surface area (Å²) in [5.41, 5.74) is 4.12. The number of rotatable bonds is 6. The van der Waals surface area contributed by atoms with Gasteiger partial charge in [-0.3, -0.25) is 4.79 Å². The van der Waals surface area contributed by atoms with Crippen molar-refractivity contribution in [3.8, 4) is 17.3 Å². The van der Waals surface area contributed by atoms with Gasteiger partial charge in [0, 0.05) is 24.7 Å². The molecule has 3 rings (SSSR count). The zero-order chi connectivity index (χ0) is 21.1. The monoisotopic (exact) mass is 389 g/mol. The van der Waals surface area contributed by atoms with Crippen LogP contribution in [-0.4, -0.2) is 38.7 Å². The van der Waals surface area contributed by atoms with E-state index in [0.717, 1.165) is 22.2 Å². The van der Waals surface area contributed by atoms with E-state index in [0.29, 0.717) is 24.3 Å². The minimum Gasteiger partial charge on any atom is -0.338 e. The number of amides is 1. The predicted octanol–water partition coefficient (Wildman–Crippen LogP) is 4.61. The fourth-order valence-electron chi connectivity index (χ4n) is 3.47. The van der Waals surface area contributed by atoms with E-state index in [1.807, 2.05) is 69.6 Å². The van der Waals surface area contributed by atoms with E-state index in [4.69, 9.17) is 4.98 Å². The molecule has 0 spiro atoms. The third kappa shape index (κ3) is 4.00. The molecule has 0 saturated carbocycles. The number of nitrogens with zero attached hydrogens (tertiary/aromatic N) is 5. The standard InChI is InChI=1S/C23H27N5O/c1-6-27(14-16(4)12-24)23(29)19-11-21(18-10-8-7-9-17(18)5)26-22-20(19)13-25-28(22)15(2)3/h7-11,13,15-16H,6,14H2,1-5H3/t16-/m1/s1. The van der Waals surface area contributed by atoms with Crippen LogP contribution < -0.4 is 0 Å². The first-order valence-corrected chi connectivity index (χ1v) is 10.0. The van der Waals surface area contributed by atoms with Gasteiger partial charge in [0.15, 0.2) is 5.65 Å². The van der Waals surface area contributed by atoms with Crippen molar-refractivity contribution in [2.45, 2.75) is 40.7 Å². The van der Waals surface area contributed by atoms with Gasteiger partial charge in [0.2, 0.25) is 0 Å². The van der Waals surface area contributed by atoms with Crippen molar-refractivity contribution in [3.63, 3.8) is 0 Å². The Balaban J connectivity index is 2.21. The van der Waals surface area contributed by atoms with E-state index in [2.05, 4.69) is 11.2 Å². The summed E-state index contributed by atoms with van der Waals surface area (Å²) >= 11 is 0. The lowest BCUT2D eigenvalue weighted by Gasteiger charge is -2.22. The van der Waals surface area contributed by atoms with E-state index in [1.54, 1.807) is 11.1 Å². The highest BCUT2D eigenvalue weighted by Crippen LogP contribution is 2.29. The summed E-state index contributed by atoms with van der Waals surface area (Å²) in [4.78, 5) is 20.0. The van der Waals surface area contributed by atoms with Crippen LogP contribution in [0.25, 0.3) is 22.3 Å². The van der Waals surface area contributed by atoms with Crippen molar-refractivity contribution < 1.29 is 4.79 Å². The average molecular weight is 390 g/mol. The van der Waals surface area contributed by atoms with Gasteiger partial charge in [-0.15, -0.1) is 0 Å². The third-order valence-corrected chi connectivity index (χ3v) is 5.09. The summed E-state index contributed by atoms with van der Waals surface area (Å²) in [6, 6.07) is 12.2. The second kappa shape index (κ2) is 8.44. The number of pyridine rings is 1. The number of carbonyl (C=O) groups excluding carboxylic acids is 1. The number of nitriles is 1. The lowest BCUT2D eigenvalue weighted by molar-refractivity contribution is 0.0754. The van der Waals surface area contributed by atoms with E-state index < -0.39 is 0 Å². The van der Waals surface area contributed by atoms with Crippen LogP contribution in [-0.2, 0) is 0 Å². The first kappa shape index (κ1) is 20.5. The molecular weight excluding hydrogens is 362 g/mol. The van der Waals surface area contributed by atoms with Crippen LogP contribution in [0.4, 0.5) is 0 Å². The van der Waals surface area contributed by atoms with Gasteiger partial charge in [-0.1, -0.05) is 24.3 Å². The highest BCUT2D eigenvalue weighted by molar-refractivity contribution is 6.06. The molecule has 0 fully saturated rings. The molecule has 0 radical (unpaired) electrons. The van der Waals surface area contributed by atoms with Crippen LogP contribution in [0.15, 0.2) is 36.5 Å². The van der Waals surface area contributed by atoms with Crippen LogP contribution in [0.2, 0.25) is 0 Å². The summed E-state index contributed by atoms with van der Waals surface area (Å²) in [6.45, 7) is 10.8. The second-order valence-electron chi connectivity index (χ2n) is 7.66. The van der Waals surface area contributed by atoms with Crippen LogP contribution in [0, 0.1) is 24.2 Å². The number of hydrogen-bond donors (Lipinski definition) is 0. The Morgan fingerprint density at radius 2 is 2.00 bits per heavy atom. The first-order chi connectivity index (χ1) is 13.9. The second-order valence-corrected chi connectivity index (χ2v) is 7.66. The summed E-state index contributed by atoms with van der Waals surface area (Å²) in [5.74, 6) is -0.328. The molecule has 6 nitrogen and oxygen atoms in total. The van der Waals surface area contributed by atoms with Crippen LogP contribution in [0.3, 0.4) is 0 Å². The summed E-state index contributed by atoms with van der Waals surface area (Å²) in [5, 5.41) is 14.4. The summed E-state index contributed by atoms with van der Waals surface area (Å²) < 4.78 is 1.85. The van der Waals surface area contributed by atoms with Crippen molar-refractivity contribution >= 4 is 16.9 Å². The maximum Gasteiger partial charge on any atom is 0.254 e. The Kier molecular flexibility index (Phi) is 5.97. The average Bonchev–Trinajstić information content (AvgIpc) is 3.15. The normalized spacial score (nSPS) is 12.2. The Labute approximate surface area is 171 Å². The molecule has 0 saturated heterocycles. The Morgan fingerprint density at radius 1 is 1.28 bits per heavy atom. The molecule has 6 heteroatoms. The number of hydrogen-bond acceptors (Lipinski definition) is 4. The first-order valence-electron chi connectivity index (χ1n) is 10.0. The molecule has 1 atom stereocenters. The smallest absolute Gasteiger partial charge is 0.254 e. The van der Waals surface area contributed by atoms with Crippen LogP contribution in [0.1, 0.15) is 49.7 Å². The number of benzene rings is 1. The number of aromatic nitrogens is 3. The topological polar surface area (TPSA) is 74.8 Å². The van der Waals surface area contributed by atoms with Crippen LogP contribution in [0.5, 0.6) is 0 Å². The van der Waals surface area contributed by atoms with E-state index in [1.165, 1.54) is 0 Å². The quantitative estimate of drug-likeness (QED) is 0.617. The Hall–Kier alpha value is -3.20. The highest BCUT2D eigenvalue weighted by Gasteiger charge is 2.23. The van der Waals surface area contributed by atoms with Gasteiger partial charge in [0.05, 0.1) is 34.8 Å². The van der Waals surface area contributed by atoms with Gasteiger partial charge >= 0.3 is 0 Å². The van der Waals surface area contributed by atoms with Crippen molar-refractivity contribution in [2.75, 3.05) is 13.1 Å². The van der Waals surface area contributed by atoms with Gasteiger partial charge < -0.3 is 4.90 Å². The van der Waals surface area contributed by atoms with E-state index >= 15 is 0 Å². The lowest BCUT2D eigenvalue weighted by atomic mass is 10.0. The van der Waals surface area contributed by atoms with Crippen molar-refractivity contribution in [2.24, 2.45) is 5.92 Å². The fraction of sp³-hybridized carbons (Fsp3) is 0.391. The fourth-order valence-corrected chi connectivity index (χ4v) is 3.47. The van der Waals surface area contributed by atoms with Gasteiger partial charge in [0.1, 0.15) is 0 Å². The summed E-state index contributed by atoms with van der Waals surface area (Å²) in [6.07, 6.45) is 1.72. The Morgan fingerprint density at radius 3 is 2.62 bits per heavy atom. The Bertz CT molecular complexity index is 1080. The molecule has 0 N–H and O–H groups in total. The molecule has 2 aromatic heterocycles. The van der Waals surface area contributed by atoms with Gasteiger partial charge in [-0.05, 0) is 46.2 Å². The molecule has 0 unspecified atom stereocenters. The maximum absolute atomic E-state index is 13.4. The lowest BCUT2D eigenvalue weighted by Crippen LogP contribution is -2.34. The zero-order valence-electron chi connectivity index (χ0n) is 17.7. The van der Waals surface area contributed by atoms with E-state index in [-0.39, 0.29) is 17.9 Å². The third-order valence-electron chi connectivity index (χ3n) is 5.09. The van der Waals surface area contributed by atoms with E-state index in [9.17, 15) is 10.1 Å². The molecule has 0 aliphatic heterocycles. The molecule has 0 aliphatic carbocycles. The molecular formula is C23H27N5O. The largest absolute Gasteiger partial charge is 0.338 e. The van der Waals surface area contributed by atoms with Gasteiger partial charge in [-0.2, -0.15) is 10.4 Å². The zero-order valence-corrected chi connectivity index (χ0v) is 17.7. The molecule has 29 heavy (non-hydrogen) atoms. The van der Waals surface area contributed by atoms with Crippen molar-refractivity contribution in [3.05, 3.63) is 47.7 Å². The number of fused-ring (bicyclic) bond motifs is 1. The molecule has 1 amide bonds. The minimum absolute atomic E-state index is 0.0971. The number of carbonyl (C=O) groups is 1. The molecule has 0 aliphatic rings. The van der Waals surface area contributed by atoms with Gasteiger partial charge in [-0.25, -0.2) is 9.67 Å². The number of aryl methyl sites for hydroxylation is 1. The van der Waals surface area contributed by atoms with Crippen molar-refractivity contribution in [1.82, 2.24) is 19.7 Å². The minimum atomic E-state index is -0.231. The van der Waals surface area contributed by atoms with Gasteiger partial charge in [0.25, 0.3) is 5.91 Å². The highest BCUT2D eigenvalue weighted by atomic mass is 16.2. The molecule has 3 aromatic rings. The molecule has 2 heterocycles. The molecule has 0 bridgehead atoms. The maximum atomic E-state index is 13.4. The van der Waals surface area contributed by atoms with Crippen LogP contribution >= 0.6 is 0 Å². The molecule has 150 valence electrons. The predicted molar refractivity (Wildman–Crippen MR) is 114 cm³/mol. The SMILES string of the molecule is CCN(C[C@H](C)C#N)C(=O)c1cc(-c2ccccc2C)nc2c1cnn2C(C)C.